The van der Waals surface area contributed by atoms with Crippen LogP contribution in [0.3, 0.4) is 0 Å². The fourth-order valence-electron chi connectivity index (χ4n) is 3.49. The molecule has 4 rings (SSSR count). The third kappa shape index (κ3) is 3.27. The summed E-state index contributed by atoms with van der Waals surface area (Å²) in [7, 11) is 3.92. The maximum Gasteiger partial charge on any atom is 0.318 e. The van der Waals surface area contributed by atoms with Gasteiger partial charge < -0.3 is 20.9 Å². The highest BCUT2D eigenvalue weighted by Gasteiger charge is 2.31. The van der Waals surface area contributed by atoms with Crippen LogP contribution in [-0.2, 0) is 13.1 Å². The van der Waals surface area contributed by atoms with E-state index in [0.717, 1.165) is 46.7 Å². The Kier molecular flexibility index (Phi) is 4.33. The zero-order valence-electron chi connectivity index (χ0n) is 16.0. The zero-order valence-corrected chi connectivity index (χ0v) is 16.0. The first-order valence-corrected chi connectivity index (χ1v) is 9.27. The monoisotopic (exact) mass is 367 g/mol. The topological polar surface area (TPSA) is 100 Å². The van der Waals surface area contributed by atoms with E-state index in [1.165, 1.54) is 6.42 Å². The highest BCUT2D eigenvalue weighted by molar-refractivity contribution is 5.77. The lowest BCUT2D eigenvalue weighted by Crippen LogP contribution is -2.45. The number of hydrogen-bond donors (Lipinski definition) is 2. The molecule has 0 saturated heterocycles. The molecule has 142 valence electrons. The average molecular weight is 367 g/mol. The first-order valence-electron chi connectivity index (χ1n) is 9.27. The summed E-state index contributed by atoms with van der Waals surface area (Å²) in [5.74, 6) is 1.11. The molecule has 1 aliphatic heterocycles. The molecule has 8 heteroatoms. The molecule has 3 N–H and O–H groups in total. The standard InChI is InChI=1S/C19H25N7O/c1-11-7-16(25(2)3)21-8-13(11)17-14-9-26(10-15(14)23-18(20)24-17)19(27)22-12-5-4-6-12/h7-8,12H,4-6,9-10H2,1-3H3,(H,22,27)(H2,20,23,24). The zero-order chi connectivity index (χ0) is 19.1. The smallest absolute Gasteiger partial charge is 0.318 e. The van der Waals surface area contributed by atoms with Crippen molar-refractivity contribution < 1.29 is 4.79 Å². The van der Waals surface area contributed by atoms with Crippen LogP contribution in [0, 0.1) is 6.92 Å². The third-order valence-electron chi connectivity index (χ3n) is 5.33. The fourth-order valence-corrected chi connectivity index (χ4v) is 3.49. The van der Waals surface area contributed by atoms with Gasteiger partial charge >= 0.3 is 6.03 Å². The van der Waals surface area contributed by atoms with Crippen molar-refractivity contribution in [2.45, 2.75) is 45.3 Å². The summed E-state index contributed by atoms with van der Waals surface area (Å²) in [6.07, 6.45) is 5.14. The van der Waals surface area contributed by atoms with Crippen molar-refractivity contribution >= 4 is 17.8 Å². The van der Waals surface area contributed by atoms with Gasteiger partial charge in [-0.15, -0.1) is 0 Å². The number of amides is 2. The minimum atomic E-state index is -0.0416. The van der Waals surface area contributed by atoms with Gasteiger partial charge in [0.05, 0.1) is 24.5 Å². The Balaban J connectivity index is 1.64. The minimum Gasteiger partial charge on any atom is -0.368 e. The summed E-state index contributed by atoms with van der Waals surface area (Å²) in [6, 6.07) is 2.29. The summed E-state index contributed by atoms with van der Waals surface area (Å²) in [5, 5.41) is 3.09. The number of pyridine rings is 1. The Morgan fingerprint density at radius 3 is 2.70 bits per heavy atom. The molecule has 8 nitrogen and oxygen atoms in total. The number of carbonyl (C=O) groups is 1. The molecule has 1 fully saturated rings. The van der Waals surface area contributed by atoms with E-state index in [-0.39, 0.29) is 12.0 Å². The van der Waals surface area contributed by atoms with Crippen molar-refractivity contribution in [1.29, 1.82) is 0 Å². The molecule has 2 aliphatic rings. The molecule has 0 unspecified atom stereocenters. The van der Waals surface area contributed by atoms with Crippen molar-refractivity contribution in [3.05, 3.63) is 29.1 Å². The summed E-state index contributed by atoms with van der Waals surface area (Å²) in [6.45, 7) is 2.97. The summed E-state index contributed by atoms with van der Waals surface area (Å²) >= 11 is 0. The first-order chi connectivity index (χ1) is 12.9. The van der Waals surface area contributed by atoms with Crippen LogP contribution < -0.4 is 16.0 Å². The van der Waals surface area contributed by atoms with Crippen molar-refractivity contribution in [2.75, 3.05) is 24.7 Å². The molecule has 2 aromatic rings. The van der Waals surface area contributed by atoms with Gasteiger partial charge in [0.15, 0.2) is 0 Å². The van der Waals surface area contributed by atoms with Gasteiger partial charge in [0.1, 0.15) is 5.82 Å². The molecule has 0 radical (unpaired) electrons. The summed E-state index contributed by atoms with van der Waals surface area (Å²) in [4.78, 5) is 29.7. The van der Waals surface area contributed by atoms with Crippen LogP contribution in [0.15, 0.2) is 12.3 Å². The van der Waals surface area contributed by atoms with Crippen molar-refractivity contribution in [3.63, 3.8) is 0 Å². The minimum absolute atomic E-state index is 0.0416. The molecular formula is C19H25N7O. The van der Waals surface area contributed by atoms with E-state index in [1.54, 1.807) is 4.90 Å². The normalized spacial score (nSPS) is 16.0. The van der Waals surface area contributed by atoms with Crippen LogP contribution >= 0.6 is 0 Å². The molecule has 0 atom stereocenters. The van der Waals surface area contributed by atoms with E-state index in [2.05, 4.69) is 20.3 Å². The van der Waals surface area contributed by atoms with Crippen LogP contribution in [0.25, 0.3) is 11.3 Å². The maximum atomic E-state index is 12.6. The van der Waals surface area contributed by atoms with E-state index in [1.807, 2.05) is 38.2 Å². The Bertz CT molecular complexity index is 892. The van der Waals surface area contributed by atoms with E-state index >= 15 is 0 Å². The van der Waals surface area contributed by atoms with Gasteiger partial charge in [-0.05, 0) is 37.8 Å². The summed E-state index contributed by atoms with van der Waals surface area (Å²) < 4.78 is 0. The van der Waals surface area contributed by atoms with Crippen LogP contribution in [0.1, 0.15) is 36.1 Å². The van der Waals surface area contributed by atoms with E-state index < -0.39 is 0 Å². The number of nitrogens with two attached hydrogens (primary N) is 1. The maximum absolute atomic E-state index is 12.6. The number of rotatable bonds is 3. The second-order valence-corrected chi connectivity index (χ2v) is 7.54. The first kappa shape index (κ1) is 17.5. The van der Waals surface area contributed by atoms with E-state index in [0.29, 0.717) is 19.1 Å². The molecule has 2 aromatic heterocycles. The van der Waals surface area contributed by atoms with Gasteiger partial charge in [0, 0.05) is 37.5 Å². The van der Waals surface area contributed by atoms with Crippen LogP contribution in [0.4, 0.5) is 16.6 Å². The number of aromatic nitrogens is 3. The molecule has 27 heavy (non-hydrogen) atoms. The number of nitrogens with one attached hydrogen (secondary N) is 1. The lowest BCUT2D eigenvalue weighted by atomic mass is 9.93. The number of aryl methyl sites for hydroxylation is 1. The molecule has 0 bridgehead atoms. The molecular weight excluding hydrogens is 342 g/mol. The second-order valence-electron chi connectivity index (χ2n) is 7.54. The van der Waals surface area contributed by atoms with Gasteiger partial charge in [0.25, 0.3) is 0 Å². The largest absolute Gasteiger partial charge is 0.368 e. The average Bonchev–Trinajstić information content (AvgIpc) is 3.01. The van der Waals surface area contributed by atoms with E-state index in [9.17, 15) is 4.79 Å². The molecule has 3 heterocycles. The number of anilines is 2. The number of fused-ring (bicyclic) bond motifs is 1. The fraction of sp³-hybridized carbons (Fsp3) is 0.474. The second kappa shape index (κ2) is 6.68. The van der Waals surface area contributed by atoms with Gasteiger partial charge in [-0.1, -0.05) is 0 Å². The number of carbonyl (C=O) groups excluding carboxylic acids is 1. The lowest BCUT2D eigenvalue weighted by molar-refractivity contribution is 0.186. The highest BCUT2D eigenvalue weighted by atomic mass is 16.2. The van der Waals surface area contributed by atoms with Crippen LogP contribution in [-0.4, -0.2) is 46.0 Å². The highest BCUT2D eigenvalue weighted by Crippen LogP contribution is 2.33. The lowest BCUT2D eigenvalue weighted by Gasteiger charge is -2.28. The predicted molar refractivity (Wildman–Crippen MR) is 104 cm³/mol. The van der Waals surface area contributed by atoms with Crippen molar-refractivity contribution in [2.24, 2.45) is 0 Å². The van der Waals surface area contributed by atoms with Crippen molar-refractivity contribution in [3.8, 4) is 11.3 Å². The molecule has 2 amide bonds. The third-order valence-corrected chi connectivity index (χ3v) is 5.33. The van der Waals surface area contributed by atoms with Gasteiger partial charge in [-0.3, -0.25) is 0 Å². The van der Waals surface area contributed by atoms with Gasteiger partial charge in [-0.25, -0.2) is 19.7 Å². The van der Waals surface area contributed by atoms with E-state index in [4.69, 9.17) is 5.73 Å². The quantitative estimate of drug-likeness (QED) is 0.861. The number of nitrogens with zero attached hydrogens (tertiary/aromatic N) is 5. The molecule has 0 spiro atoms. The SMILES string of the molecule is Cc1cc(N(C)C)ncc1-c1nc(N)nc2c1CN(C(=O)NC1CCC1)C2. The number of nitrogen functional groups attached to an aromatic ring is 1. The van der Waals surface area contributed by atoms with Gasteiger partial charge in [0.2, 0.25) is 5.95 Å². The Morgan fingerprint density at radius 2 is 2.07 bits per heavy atom. The molecule has 1 aliphatic carbocycles. The molecule has 1 saturated carbocycles. The van der Waals surface area contributed by atoms with Crippen LogP contribution in [0.5, 0.6) is 0 Å². The Hall–Kier alpha value is -2.90. The Morgan fingerprint density at radius 1 is 1.30 bits per heavy atom. The van der Waals surface area contributed by atoms with Crippen LogP contribution in [0.2, 0.25) is 0 Å². The molecule has 0 aromatic carbocycles. The van der Waals surface area contributed by atoms with Crippen molar-refractivity contribution in [1.82, 2.24) is 25.2 Å². The number of hydrogen-bond acceptors (Lipinski definition) is 6. The number of urea groups is 1. The predicted octanol–water partition coefficient (Wildman–Crippen LogP) is 2.07. The summed E-state index contributed by atoms with van der Waals surface area (Å²) in [5.41, 5.74) is 10.5. The Labute approximate surface area is 158 Å². The van der Waals surface area contributed by atoms with Gasteiger partial charge in [-0.2, -0.15) is 0 Å².